The highest BCUT2D eigenvalue weighted by Crippen LogP contribution is 2.26. The molecule has 1 fully saturated rings. The van der Waals surface area contributed by atoms with Crippen molar-refractivity contribution < 1.29 is 13.9 Å². The van der Waals surface area contributed by atoms with Gasteiger partial charge in [-0.25, -0.2) is 4.39 Å². The topological polar surface area (TPSA) is 55.6 Å². The molecule has 1 aliphatic rings. The van der Waals surface area contributed by atoms with Crippen LogP contribution in [0, 0.1) is 5.82 Å². The predicted molar refractivity (Wildman–Crippen MR) is 98.1 cm³/mol. The van der Waals surface area contributed by atoms with E-state index in [0.29, 0.717) is 25.2 Å². The lowest BCUT2D eigenvalue weighted by Gasteiger charge is -2.37. The Bertz CT molecular complexity index is 706. The second-order valence-corrected chi connectivity index (χ2v) is 6.20. The van der Waals surface area contributed by atoms with Crippen LogP contribution in [0.25, 0.3) is 0 Å². The van der Waals surface area contributed by atoms with E-state index in [9.17, 15) is 9.18 Å². The van der Waals surface area contributed by atoms with Crippen molar-refractivity contribution in [2.45, 2.75) is 25.6 Å². The molecule has 0 saturated carbocycles. The molecule has 2 atom stereocenters. The maximum absolute atomic E-state index is 13.1. The number of benzene rings is 2. The van der Waals surface area contributed by atoms with Crippen molar-refractivity contribution in [3.8, 4) is 0 Å². The summed E-state index contributed by atoms with van der Waals surface area (Å²) in [5.74, 6) is -0.221. The average molecular weight is 365 g/mol. The second kappa shape index (κ2) is 8.32. The molecule has 3 rings (SSSR count). The van der Waals surface area contributed by atoms with Crippen LogP contribution in [0.4, 0.5) is 10.1 Å². The average Bonchev–Trinajstić information content (AvgIpc) is 2.57. The van der Waals surface area contributed by atoms with Gasteiger partial charge in [-0.1, -0.05) is 24.3 Å². The van der Waals surface area contributed by atoms with Crippen LogP contribution >= 0.6 is 12.4 Å². The van der Waals surface area contributed by atoms with Gasteiger partial charge in [0.15, 0.2) is 0 Å². The standard InChI is InChI=1S/C19H21FN2O2.ClH/c1-13-11-22(19(23)10-14-2-8-17(21)9-3-14)12-18(24-13)15-4-6-16(20)7-5-15;/h2-9,13,18H,10-12,21H2,1H3;1H. The first kappa shape index (κ1) is 19.2. The molecule has 2 aromatic carbocycles. The molecule has 0 aliphatic carbocycles. The van der Waals surface area contributed by atoms with Gasteiger partial charge in [0, 0.05) is 12.2 Å². The van der Waals surface area contributed by atoms with E-state index in [2.05, 4.69) is 0 Å². The number of halogens is 2. The largest absolute Gasteiger partial charge is 0.399 e. The van der Waals surface area contributed by atoms with Gasteiger partial charge in [-0.15, -0.1) is 12.4 Å². The summed E-state index contributed by atoms with van der Waals surface area (Å²) in [7, 11) is 0. The Hall–Kier alpha value is -2.11. The van der Waals surface area contributed by atoms with E-state index >= 15 is 0 Å². The first-order valence-electron chi connectivity index (χ1n) is 8.04. The van der Waals surface area contributed by atoms with Crippen molar-refractivity contribution in [3.63, 3.8) is 0 Å². The fourth-order valence-corrected chi connectivity index (χ4v) is 2.94. The Kier molecular flexibility index (Phi) is 6.39. The fraction of sp³-hybridized carbons (Fsp3) is 0.316. The van der Waals surface area contributed by atoms with Crippen LogP contribution in [0.2, 0.25) is 0 Å². The molecule has 0 bridgehead atoms. The quantitative estimate of drug-likeness (QED) is 0.850. The predicted octanol–water partition coefficient (Wildman–Crippen LogP) is 3.36. The number of amides is 1. The number of rotatable bonds is 3. The van der Waals surface area contributed by atoms with Crippen LogP contribution in [0.3, 0.4) is 0 Å². The lowest BCUT2D eigenvalue weighted by atomic mass is 10.1. The summed E-state index contributed by atoms with van der Waals surface area (Å²) in [4.78, 5) is 14.4. The summed E-state index contributed by atoms with van der Waals surface area (Å²) in [6, 6.07) is 13.6. The minimum Gasteiger partial charge on any atom is -0.399 e. The molecule has 1 saturated heterocycles. The highest BCUT2D eigenvalue weighted by atomic mass is 35.5. The molecule has 134 valence electrons. The zero-order chi connectivity index (χ0) is 17.1. The first-order valence-corrected chi connectivity index (χ1v) is 8.04. The maximum atomic E-state index is 13.1. The number of carbonyl (C=O) groups is 1. The van der Waals surface area contributed by atoms with Gasteiger partial charge in [0.25, 0.3) is 0 Å². The van der Waals surface area contributed by atoms with Gasteiger partial charge in [-0.3, -0.25) is 4.79 Å². The maximum Gasteiger partial charge on any atom is 0.227 e. The smallest absolute Gasteiger partial charge is 0.227 e. The number of nitrogens with zero attached hydrogens (tertiary/aromatic N) is 1. The fourth-order valence-electron chi connectivity index (χ4n) is 2.94. The molecule has 2 unspecified atom stereocenters. The molecular weight excluding hydrogens is 343 g/mol. The van der Waals surface area contributed by atoms with Gasteiger partial charge in [0.05, 0.1) is 19.1 Å². The molecule has 2 N–H and O–H groups in total. The lowest BCUT2D eigenvalue weighted by Crippen LogP contribution is -2.46. The summed E-state index contributed by atoms with van der Waals surface area (Å²) >= 11 is 0. The molecule has 25 heavy (non-hydrogen) atoms. The van der Waals surface area contributed by atoms with E-state index in [1.54, 1.807) is 24.3 Å². The van der Waals surface area contributed by atoms with Crippen LogP contribution in [0.1, 0.15) is 24.2 Å². The summed E-state index contributed by atoms with van der Waals surface area (Å²) in [6.07, 6.45) is 0.0391. The summed E-state index contributed by atoms with van der Waals surface area (Å²) in [6.45, 7) is 2.98. The number of hydrogen-bond acceptors (Lipinski definition) is 3. The van der Waals surface area contributed by atoms with E-state index in [1.807, 2.05) is 24.0 Å². The van der Waals surface area contributed by atoms with Gasteiger partial charge in [0.2, 0.25) is 5.91 Å². The van der Waals surface area contributed by atoms with Gasteiger partial charge in [-0.2, -0.15) is 0 Å². The third kappa shape index (κ3) is 4.94. The van der Waals surface area contributed by atoms with Crippen molar-refractivity contribution in [1.82, 2.24) is 4.90 Å². The Morgan fingerprint density at radius 3 is 2.44 bits per heavy atom. The van der Waals surface area contributed by atoms with E-state index in [1.165, 1.54) is 12.1 Å². The number of hydrogen-bond donors (Lipinski definition) is 1. The van der Waals surface area contributed by atoms with Crippen LogP contribution < -0.4 is 5.73 Å². The van der Waals surface area contributed by atoms with Crippen molar-refractivity contribution in [3.05, 3.63) is 65.5 Å². The van der Waals surface area contributed by atoms with E-state index in [0.717, 1.165) is 11.1 Å². The van der Waals surface area contributed by atoms with Gasteiger partial charge in [-0.05, 0) is 42.3 Å². The minimum absolute atomic E-state index is 0. The summed E-state index contributed by atoms with van der Waals surface area (Å²) in [5, 5.41) is 0. The molecule has 1 amide bonds. The molecule has 2 aromatic rings. The Balaban J connectivity index is 0.00000225. The number of nitrogens with two attached hydrogens (primary N) is 1. The van der Waals surface area contributed by atoms with Gasteiger partial charge >= 0.3 is 0 Å². The van der Waals surface area contributed by atoms with Crippen molar-refractivity contribution >= 4 is 24.0 Å². The third-order valence-electron chi connectivity index (χ3n) is 4.19. The number of ether oxygens (including phenoxy) is 1. The van der Waals surface area contributed by atoms with E-state index < -0.39 is 0 Å². The Morgan fingerprint density at radius 2 is 1.80 bits per heavy atom. The first-order chi connectivity index (χ1) is 11.5. The molecule has 1 heterocycles. The second-order valence-electron chi connectivity index (χ2n) is 6.20. The van der Waals surface area contributed by atoms with Crippen molar-refractivity contribution in [1.29, 1.82) is 0 Å². The molecule has 4 nitrogen and oxygen atoms in total. The van der Waals surface area contributed by atoms with Crippen molar-refractivity contribution in [2.24, 2.45) is 0 Å². The van der Waals surface area contributed by atoms with Crippen LogP contribution in [-0.2, 0) is 16.0 Å². The van der Waals surface area contributed by atoms with E-state index in [-0.39, 0.29) is 36.3 Å². The highest BCUT2D eigenvalue weighted by molar-refractivity contribution is 5.85. The number of carbonyl (C=O) groups excluding carboxylic acids is 1. The normalized spacial score (nSPS) is 20.0. The third-order valence-corrected chi connectivity index (χ3v) is 4.19. The summed E-state index contributed by atoms with van der Waals surface area (Å²) < 4.78 is 19.0. The number of anilines is 1. The van der Waals surface area contributed by atoms with Gasteiger partial charge < -0.3 is 15.4 Å². The molecule has 0 aromatic heterocycles. The lowest BCUT2D eigenvalue weighted by molar-refractivity contribution is -0.144. The molecule has 0 spiro atoms. The van der Waals surface area contributed by atoms with Crippen molar-refractivity contribution in [2.75, 3.05) is 18.8 Å². The number of nitrogen functional groups attached to an aromatic ring is 1. The molecule has 0 radical (unpaired) electrons. The minimum atomic E-state index is -0.279. The highest BCUT2D eigenvalue weighted by Gasteiger charge is 2.29. The van der Waals surface area contributed by atoms with Crippen LogP contribution in [0.5, 0.6) is 0 Å². The molecule has 1 aliphatic heterocycles. The number of morpholine rings is 1. The Labute approximate surface area is 153 Å². The monoisotopic (exact) mass is 364 g/mol. The molecular formula is C19H22ClFN2O2. The Morgan fingerprint density at radius 1 is 1.16 bits per heavy atom. The SMILES string of the molecule is CC1CN(C(=O)Cc2ccc(N)cc2)CC(c2ccc(F)cc2)O1.Cl. The molecule has 6 heteroatoms. The zero-order valence-corrected chi connectivity index (χ0v) is 14.8. The van der Waals surface area contributed by atoms with Crippen LogP contribution in [0.15, 0.2) is 48.5 Å². The zero-order valence-electron chi connectivity index (χ0n) is 14.0. The van der Waals surface area contributed by atoms with Gasteiger partial charge in [0.1, 0.15) is 11.9 Å². The van der Waals surface area contributed by atoms with Crippen LogP contribution in [-0.4, -0.2) is 30.0 Å². The summed E-state index contributed by atoms with van der Waals surface area (Å²) in [5.41, 5.74) is 8.18. The van der Waals surface area contributed by atoms with E-state index in [4.69, 9.17) is 10.5 Å².